The van der Waals surface area contributed by atoms with Crippen molar-refractivity contribution in [2.24, 2.45) is 10.7 Å². The molecule has 2 amide bonds. The van der Waals surface area contributed by atoms with Crippen LogP contribution in [0.2, 0.25) is 0 Å². The summed E-state index contributed by atoms with van der Waals surface area (Å²) in [6, 6.07) is 16.4. The van der Waals surface area contributed by atoms with Gasteiger partial charge in [0.1, 0.15) is 17.5 Å². The van der Waals surface area contributed by atoms with E-state index in [1.807, 2.05) is 0 Å². The van der Waals surface area contributed by atoms with Gasteiger partial charge in [-0.05, 0) is 53.1 Å². The van der Waals surface area contributed by atoms with Crippen LogP contribution in [0.15, 0.2) is 77.8 Å². The summed E-state index contributed by atoms with van der Waals surface area (Å²) in [7, 11) is 0. The first-order valence-corrected chi connectivity index (χ1v) is 12.9. The maximum Gasteiger partial charge on any atom is 0.449 e. The van der Waals surface area contributed by atoms with Crippen LogP contribution in [0, 0.1) is 22.5 Å². The first-order valence-electron chi connectivity index (χ1n) is 12.9. The van der Waals surface area contributed by atoms with Gasteiger partial charge in [0, 0.05) is 18.7 Å². The quantitative estimate of drug-likeness (QED) is 0.235. The number of hydrogen-bond donors (Lipinski definition) is 3. The predicted molar refractivity (Wildman–Crippen MR) is 146 cm³/mol. The Bertz CT molecular complexity index is 1590. The molecule has 2 aliphatic heterocycles. The molecule has 0 bridgehead atoms. The number of nitrogens with zero attached hydrogens (tertiary/aromatic N) is 4. The molecule has 1 saturated heterocycles. The molecule has 222 valence electrons. The molecular formula is C29H24F5N7O2. The highest BCUT2D eigenvalue weighted by atomic mass is 19.4. The highest BCUT2D eigenvalue weighted by Gasteiger charge is 2.50. The van der Waals surface area contributed by atoms with Crippen molar-refractivity contribution in [1.82, 2.24) is 14.7 Å². The number of amides is 2. The van der Waals surface area contributed by atoms with Crippen molar-refractivity contribution in [2.45, 2.75) is 18.3 Å². The molecule has 0 atom stereocenters. The molecule has 0 aromatic heterocycles. The minimum atomic E-state index is -4.92. The van der Waals surface area contributed by atoms with E-state index in [0.29, 0.717) is 21.6 Å². The van der Waals surface area contributed by atoms with Crippen LogP contribution in [0.5, 0.6) is 0 Å². The Kier molecular flexibility index (Phi) is 7.46. The SMILES string of the molecule is N=C1CN(C(=O)c2cccc(CN3C(=O)C(c4ccc(F)cc4)(c4ccc(F)cc4)N=C3N)c2)CCN1C(=N)C(F)(F)F. The molecule has 0 saturated carbocycles. The number of carbonyl (C=O) groups excluding carboxylic acids is 2. The molecule has 9 nitrogen and oxygen atoms in total. The first-order chi connectivity index (χ1) is 20.3. The summed E-state index contributed by atoms with van der Waals surface area (Å²) in [5, 5.41) is 15.3. The monoisotopic (exact) mass is 597 g/mol. The minimum absolute atomic E-state index is 0.119. The topological polar surface area (TPSA) is 130 Å². The van der Waals surface area contributed by atoms with Crippen LogP contribution < -0.4 is 5.73 Å². The Hall–Kier alpha value is -5.14. The normalized spacial score (nSPS) is 16.9. The maximum atomic E-state index is 14.0. The van der Waals surface area contributed by atoms with E-state index >= 15 is 0 Å². The lowest BCUT2D eigenvalue weighted by Gasteiger charge is -2.36. The van der Waals surface area contributed by atoms with Gasteiger partial charge in [0.2, 0.25) is 5.84 Å². The van der Waals surface area contributed by atoms with Gasteiger partial charge in [0.25, 0.3) is 11.8 Å². The van der Waals surface area contributed by atoms with Crippen LogP contribution in [0.1, 0.15) is 27.0 Å². The molecule has 2 aliphatic rings. The Balaban J connectivity index is 1.38. The highest BCUT2D eigenvalue weighted by Crippen LogP contribution is 2.40. The Morgan fingerprint density at radius 1 is 0.953 bits per heavy atom. The van der Waals surface area contributed by atoms with E-state index in [-0.39, 0.29) is 31.2 Å². The average Bonchev–Trinajstić information content (AvgIpc) is 3.22. The van der Waals surface area contributed by atoms with E-state index in [1.54, 1.807) is 12.1 Å². The molecule has 0 radical (unpaired) electrons. The number of carbonyl (C=O) groups is 2. The van der Waals surface area contributed by atoms with Crippen LogP contribution in [-0.4, -0.2) is 70.0 Å². The van der Waals surface area contributed by atoms with E-state index in [1.165, 1.54) is 70.5 Å². The fourth-order valence-corrected chi connectivity index (χ4v) is 5.10. The maximum absolute atomic E-state index is 14.0. The molecule has 0 spiro atoms. The van der Waals surface area contributed by atoms with E-state index in [2.05, 4.69) is 4.99 Å². The van der Waals surface area contributed by atoms with Gasteiger partial charge in [-0.2, -0.15) is 13.2 Å². The zero-order valence-corrected chi connectivity index (χ0v) is 22.3. The summed E-state index contributed by atoms with van der Waals surface area (Å²) >= 11 is 0. The zero-order valence-electron chi connectivity index (χ0n) is 22.3. The average molecular weight is 598 g/mol. The van der Waals surface area contributed by atoms with Gasteiger partial charge in [-0.25, -0.2) is 13.8 Å². The summed E-state index contributed by atoms with van der Waals surface area (Å²) in [5.41, 5.74) is 5.76. The lowest BCUT2D eigenvalue weighted by Crippen LogP contribution is -2.56. The fourth-order valence-electron chi connectivity index (χ4n) is 5.10. The summed E-state index contributed by atoms with van der Waals surface area (Å²) in [6.07, 6.45) is -4.92. The summed E-state index contributed by atoms with van der Waals surface area (Å²) in [4.78, 5) is 34.6. The Morgan fingerprint density at radius 3 is 2.07 bits per heavy atom. The minimum Gasteiger partial charge on any atom is -0.369 e. The number of amidine groups is 2. The molecule has 43 heavy (non-hydrogen) atoms. The van der Waals surface area contributed by atoms with Gasteiger partial charge in [-0.1, -0.05) is 36.4 Å². The smallest absolute Gasteiger partial charge is 0.369 e. The van der Waals surface area contributed by atoms with Gasteiger partial charge in [0.15, 0.2) is 11.5 Å². The number of rotatable bonds is 5. The van der Waals surface area contributed by atoms with Crippen molar-refractivity contribution in [3.8, 4) is 0 Å². The molecule has 3 aromatic rings. The van der Waals surface area contributed by atoms with Gasteiger partial charge in [-0.15, -0.1) is 0 Å². The van der Waals surface area contributed by atoms with Crippen LogP contribution in [0.3, 0.4) is 0 Å². The second-order valence-corrected chi connectivity index (χ2v) is 9.96. The summed E-state index contributed by atoms with van der Waals surface area (Å²) < 4.78 is 66.3. The standard InChI is InChI=1S/C29H24F5N7O2/c30-21-8-4-19(5-9-21)28(20-6-10-22(31)11-7-20)26(43)41(27(37)38-28)15-17-2-1-3-18(14-17)24(42)39-12-13-40(23(35)16-39)25(36)29(32,33)34/h1-11,14,35-36H,12-13,15-16H2,(H2,37,38). The number of aliphatic imine (C=N–C) groups is 1. The summed E-state index contributed by atoms with van der Waals surface area (Å²) in [5.74, 6) is -4.57. The highest BCUT2D eigenvalue weighted by molar-refractivity contribution is 6.09. The number of hydrogen-bond acceptors (Lipinski definition) is 6. The van der Waals surface area contributed by atoms with Crippen LogP contribution in [0.25, 0.3) is 0 Å². The Labute approximate surface area is 242 Å². The van der Waals surface area contributed by atoms with Crippen molar-refractivity contribution >= 4 is 29.4 Å². The number of alkyl halides is 3. The second-order valence-electron chi connectivity index (χ2n) is 9.96. The third-order valence-corrected chi connectivity index (χ3v) is 7.24. The molecule has 2 heterocycles. The third-order valence-electron chi connectivity index (χ3n) is 7.24. The lowest BCUT2D eigenvalue weighted by atomic mass is 9.82. The van der Waals surface area contributed by atoms with Crippen LogP contribution >= 0.6 is 0 Å². The third kappa shape index (κ3) is 5.43. The molecular weight excluding hydrogens is 573 g/mol. The Morgan fingerprint density at radius 2 is 1.53 bits per heavy atom. The van der Waals surface area contributed by atoms with Gasteiger partial charge >= 0.3 is 6.18 Å². The van der Waals surface area contributed by atoms with Gasteiger partial charge < -0.3 is 15.5 Å². The van der Waals surface area contributed by atoms with Crippen molar-refractivity contribution in [3.05, 3.63) is 107 Å². The van der Waals surface area contributed by atoms with E-state index < -0.39 is 53.4 Å². The molecule has 0 unspecified atom stereocenters. The van der Waals surface area contributed by atoms with Crippen molar-refractivity contribution in [1.29, 1.82) is 10.8 Å². The molecule has 3 aromatic carbocycles. The number of piperazine rings is 1. The largest absolute Gasteiger partial charge is 0.449 e. The molecule has 5 rings (SSSR count). The lowest BCUT2D eigenvalue weighted by molar-refractivity contribution is -0.130. The van der Waals surface area contributed by atoms with E-state index in [4.69, 9.17) is 16.6 Å². The molecule has 4 N–H and O–H groups in total. The molecule has 0 aliphatic carbocycles. The first kappa shape index (κ1) is 29.4. The number of nitrogens with one attached hydrogen (secondary N) is 2. The van der Waals surface area contributed by atoms with Gasteiger partial charge in [0.05, 0.1) is 13.1 Å². The fraction of sp³-hybridized carbons (Fsp3) is 0.207. The van der Waals surface area contributed by atoms with Crippen LogP contribution in [0.4, 0.5) is 22.0 Å². The van der Waals surface area contributed by atoms with Crippen molar-refractivity contribution < 1.29 is 31.5 Å². The predicted octanol–water partition coefficient (Wildman–Crippen LogP) is 3.84. The van der Waals surface area contributed by atoms with Crippen molar-refractivity contribution in [3.63, 3.8) is 0 Å². The summed E-state index contributed by atoms with van der Waals surface area (Å²) in [6.45, 7) is -1.06. The van der Waals surface area contributed by atoms with Crippen molar-refractivity contribution in [2.75, 3.05) is 19.6 Å². The molecule has 1 fully saturated rings. The molecule has 14 heteroatoms. The number of guanidine groups is 1. The van der Waals surface area contributed by atoms with E-state index in [0.717, 1.165) is 0 Å². The second kappa shape index (κ2) is 10.9. The zero-order chi connectivity index (χ0) is 31.1. The number of nitrogens with two attached hydrogens (primary N) is 1. The van der Waals surface area contributed by atoms with E-state index in [9.17, 15) is 31.5 Å². The number of halogens is 5. The van der Waals surface area contributed by atoms with Crippen LogP contribution in [-0.2, 0) is 16.9 Å². The van der Waals surface area contributed by atoms with Gasteiger partial charge in [-0.3, -0.25) is 25.3 Å². The number of benzene rings is 3.